The van der Waals surface area contributed by atoms with Gasteiger partial charge >= 0.3 is 0 Å². The Hall–Kier alpha value is -2.09. The molecule has 1 amide bonds. The Labute approximate surface area is 155 Å². The predicted molar refractivity (Wildman–Crippen MR) is 102 cm³/mol. The number of likely N-dealkylation sites (N-methyl/N-ethyl adjacent to an activating group) is 1. The molecule has 0 aromatic carbocycles. The van der Waals surface area contributed by atoms with Crippen LogP contribution < -0.4 is 5.32 Å². The van der Waals surface area contributed by atoms with E-state index in [0.717, 1.165) is 17.0 Å². The minimum Gasteiger partial charge on any atom is -0.345 e. The van der Waals surface area contributed by atoms with Gasteiger partial charge in [-0.1, -0.05) is 6.07 Å². The normalized spacial score (nSPS) is 12.2. The molecule has 3 rings (SSSR count). The molecule has 0 fully saturated rings. The molecule has 7 heteroatoms. The van der Waals surface area contributed by atoms with Crippen LogP contribution >= 0.6 is 22.7 Å². The number of carbonyl (C=O) groups is 1. The van der Waals surface area contributed by atoms with E-state index in [4.69, 9.17) is 0 Å². The van der Waals surface area contributed by atoms with Gasteiger partial charge in [0.2, 0.25) is 5.91 Å². The fraction of sp³-hybridized carbons (Fsp3) is 0.278. The van der Waals surface area contributed by atoms with E-state index in [9.17, 15) is 4.79 Å². The summed E-state index contributed by atoms with van der Waals surface area (Å²) >= 11 is 3.24. The van der Waals surface area contributed by atoms with Crippen molar-refractivity contribution in [2.75, 3.05) is 13.6 Å². The van der Waals surface area contributed by atoms with Crippen LogP contribution in [0.3, 0.4) is 0 Å². The molecule has 130 valence electrons. The first kappa shape index (κ1) is 17.7. The van der Waals surface area contributed by atoms with Crippen molar-refractivity contribution in [2.24, 2.45) is 0 Å². The van der Waals surface area contributed by atoms with Gasteiger partial charge in [0, 0.05) is 36.9 Å². The van der Waals surface area contributed by atoms with Crippen LogP contribution in [0, 0.1) is 0 Å². The summed E-state index contributed by atoms with van der Waals surface area (Å²) in [6, 6.07) is 5.92. The van der Waals surface area contributed by atoms with E-state index in [0.29, 0.717) is 13.1 Å². The van der Waals surface area contributed by atoms with Gasteiger partial charge < -0.3 is 5.32 Å². The lowest BCUT2D eigenvalue weighted by Crippen LogP contribution is -2.37. The molecule has 0 bridgehead atoms. The van der Waals surface area contributed by atoms with Gasteiger partial charge in [0.1, 0.15) is 5.01 Å². The number of aromatic nitrogens is 2. The molecule has 1 atom stereocenters. The molecule has 0 aliphatic heterocycles. The van der Waals surface area contributed by atoms with Crippen LogP contribution in [0.4, 0.5) is 0 Å². The number of pyridine rings is 1. The maximum Gasteiger partial charge on any atom is 0.234 e. The lowest BCUT2D eigenvalue weighted by atomic mass is 10.1. The first-order chi connectivity index (χ1) is 12.2. The molecule has 5 nitrogen and oxygen atoms in total. The van der Waals surface area contributed by atoms with Crippen LogP contribution in [-0.4, -0.2) is 34.4 Å². The smallest absolute Gasteiger partial charge is 0.234 e. The first-order valence-electron chi connectivity index (χ1n) is 7.98. The molecule has 0 aliphatic rings. The summed E-state index contributed by atoms with van der Waals surface area (Å²) in [6.07, 6.45) is 6.11. The second-order valence-corrected chi connectivity index (χ2v) is 7.57. The first-order valence-corrected chi connectivity index (χ1v) is 9.80. The molecule has 25 heavy (non-hydrogen) atoms. The van der Waals surface area contributed by atoms with E-state index in [1.165, 1.54) is 5.56 Å². The summed E-state index contributed by atoms with van der Waals surface area (Å²) in [7, 11) is 1.93. The Morgan fingerprint density at radius 1 is 1.28 bits per heavy atom. The van der Waals surface area contributed by atoms with Gasteiger partial charge in [-0.3, -0.25) is 14.7 Å². The zero-order valence-electron chi connectivity index (χ0n) is 14.0. The largest absolute Gasteiger partial charge is 0.345 e. The minimum absolute atomic E-state index is 0.00169. The van der Waals surface area contributed by atoms with Crippen molar-refractivity contribution in [3.05, 3.63) is 69.1 Å². The summed E-state index contributed by atoms with van der Waals surface area (Å²) < 4.78 is 0. The lowest BCUT2D eigenvalue weighted by Gasteiger charge is -2.20. The van der Waals surface area contributed by atoms with Crippen LogP contribution in [-0.2, 0) is 17.8 Å². The van der Waals surface area contributed by atoms with Gasteiger partial charge in [0.05, 0.1) is 12.6 Å². The van der Waals surface area contributed by atoms with Crippen molar-refractivity contribution >= 4 is 28.6 Å². The van der Waals surface area contributed by atoms with E-state index in [1.54, 1.807) is 35.1 Å². The maximum atomic E-state index is 12.5. The molecule has 0 aliphatic carbocycles. The van der Waals surface area contributed by atoms with Crippen LogP contribution in [0.1, 0.15) is 22.2 Å². The second-order valence-electron chi connectivity index (χ2n) is 5.86. The molecule has 3 heterocycles. The number of hydrogen-bond donors (Lipinski definition) is 1. The molecule has 0 spiro atoms. The van der Waals surface area contributed by atoms with Crippen molar-refractivity contribution in [2.45, 2.75) is 19.0 Å². The molecule has 1 N–H and O–H groups in total. The van der Waals surface area contributed by atoms with Crippen molar-refractivity contribution in [3.8, 4) is 0 Å². The highest BCUT2D eigenvalue weighted by Crippen LogP contribution is 2.21. The van der Waals surface area contributed by atoms with Gasteiger partial charge in [-0.25, -0.2) is 4.98 Å². The highest BCUT2D eigenvalue weighted by atomic mass is 32.1. The zero-order valence-corrected chi connectivity index (χ0v) is 15.6. The summed E-state index contributed by atoms with van der Waals surface area (Å²) in [6.45, 7) is 1.02. The standard InChI is InChI=1S/C18H20N4OS2/c1-22(11-15-3-2-5-19-10-15)12-17(23)21-16(18-20-6-8-25-18)9-14-4-7-24-13-14/h2-8,10,13,16H,9,11-12H2,1H3,(H,21,23). The van der Waals surface area contributed by atoms with Crippen LogP contribution in [0.15, 0.2) is 52.9 Å². The molecule has 1 unspecified atom stereocenters. The molecule has 3 aromatic rings. The summed E-state index contributed by atoms with van der Waals surface area (Å²) in [5, 5.41) is 10.2. The number of nitrogens with zero attached hydrogens (tertiary/aromatic N) is 3. The molecular weight excluding hydrogens is 352 g/mol. The van der Waals surface area contributed by atoms with E-state index < -0.39 is 0 Å². The molecule has 3 aromatic heterocycles. The maximum absolute atomic E-state index is 12.5. The fourth-order valence-electron chi connectivity index (χ4n) is 2.60. The third-order valence-electron chi connectivity index (χ3n) is 3.69. The van der Waals surface area contributed by atoms with Crippen LogP contribution in [0.25, 0.3) is 0 Å². The Morgan fingerprint density at radius 3 is 2.88 bits per heavy atom. The van der Waals surface area contributed by atoms with Crippen LogP contribution in [0.5, 0.6) is 0 Å². The van der Waals surface area contributed by atoms with E-state index in [1.807, 2.05) is 35.7 Å². The predicted octanol–water partition coefficient (Wildman–Crippen LogP) is 3.13. The number of rotatable bonds is 8. The fourth-order valence-corrected chi connectivity index (χ4v) is 3.97. The van der Waals surface area contributed by atoms with Gasteiger partial charge in [-0.2, -0.15) is 11.3 Å². The van der Waals surface area contributed by atoms with E-state index in [-0.39, 0.29) is 11.9 Å². The Balaban J connectivity index is 1.58. The van der Waals surface area contributed by atoms with Crippen LogP contribution in [0.2, 0.25) is 0 Å². The zero-order chi connectivity index (χ0) is 17.5. The number of thiophene rings is 1. The number of amides is 1. The Kier molecular flexibility index (Phi) is 6.27. The minimum atomic E-state index is -0.0890. The van der Waals surface area contributed by atoms with Crippen molar-refractivity contribution in [1.29, 1.82) is 0 Å². The number of nitrogens with one attached hydrogen (secondary N) is 1. The third-order valence-corrected chi connectivity index (χ3v) is 5.31. The lowest BCUT2D eigenvalue weighted by molar-refractivity contribution is -0.122. The Bertz CT molecular complexity index is 760. The van der Waals surface area contributed by atoms with Gasteiger partial charge in [0.15, 0.2) is 0 Å². The summed E-state index contributed by atoms with van der Waals surface area (Å²) in [5.74, 6) is 0.00169. The average molecular weight is 373 g/mol. The summed E-state index contributed by atoms with van der Waals surface area (Å²) in [4.78, 5) is 23.0. The topological polar surface area (TPSA) is 58.1 Å². The molecule has 0 saturated carbocycles. The molecule has 0 saturated heterocycles. The van der Waals surface area contributed by atoms with Crippen molar-refractivity contribution in [3.63, 3.8) is 0 Å². The number of hydrogen-bond acceptors (Lipinski definition) is 6. The SMILES string of the molecule is CN(CC(=O)NC(Cc1ccsc1)c1nccs1)Cc1cccnc1. The second kappa shape index (κ2) is 8.84. The Morgan fingerprint density at radius 2 is 2.20 bits per heavy atom. The highest BCUT2D eigenvalue weighted by molar-refractivity contribution is 7.09. The summed E-state index contributed by atoms with van der Waals surface area (Å²) in [5.41, 5.74) is 2.31. The van der Waals surface area contributed by atoms with Crippen molar-refractivity contribution < 1.29 is 4.79 Å². The van der Waals surface area contributed by atoms with Gasteiger partial charge in [-0.05, 0) is 41.1 Å². The highest BCUT2D eigenvalue weighted by Gasteiger charge is 2.19. The van der Waals surface area contributed by atoms with Crippen molar-refractivity contribution in [1.82, 2.24) is 20.2 Å². The average Bonchev–Trinajstić information content (AvgIpc) is 3.28. The molecule has 0 radical (unpaired) electrons. The van der Waals surface area contributed by atoms with Gasteiger partial charge in [0.25, 0.3) is 0 Å². The third kappa shape index (κ3) is 5.45. The van der Waals surface area contributed by atoms with Gasteiger partial charge in [-0.15, -0.1) is 11.3 Å². The number of thiazole rings is 1. The monoisotopic (exact) mass is 372 g/mol. The van der Waals surface area contributed by atoms with E-state index >= 15 is 0 Å². The molecular formula is C18H20N4OS2. The number of carbonyl (C=O) groups excluding carboxylic acids is 1. The van der Waals surface area contributed by atoms with E-state index in [2.05, 4.69) is 32.1 Å². The quantitative estimate of drug-likeness (QED) is 0.660.